The normalized spacial score (nSPS) is 31.3. The minimum absolute atomic E-state index is 0.106. The van der Waals surface area contributed by atoms with E-state index in [1.165, 1.54) is 38.5 Å². The van der Waals surface area contributed by atoms with Gasteiger partial charge in [0.2, 0.25) is 0 Å². The summed E-state index contributed by atoms with van der Waals surface area (Å²) in [6.07, 6.45) is 16.0. The van der Waals surface area contributed by atoms with E-state index in [1.54, 1.807) is 24.1 Å². The van der Waals surface area contributed by atoms with Gasteiger partial charge >= 0.3 is 12.1 Å². The highest BCUT2D eigenvalue weighted by Crippen LogP contribution is 2.28. The zero-order chi connectivity index (χ0) is 33.1. The number of amides is 1. The number of allylic oxidation sites excluding steroid dienone is 3. The van der Waals surface area contributed by atoms with Crippen molar-refractivity contribution in [2.45, 2.75) is 121 Å². The number of hydrogen-bond acceptors (Lipinski definition) is 8. The number of nitrogens with zero attached hydrogens (tertiary/aromatic N) is 3. The minimum Gasteiger partial charge on any atom is -0.457 e. The third kappa shape index (κ3) is 10.5. The van der Waals surface area contributed by atoms with Crippen LogP contribution in [-0.4, -0.2) is 93.2 Å². The summed E-state index contributed by atoms with van der Waals surface area (Å²) in [7, 11) is 0. The quantitative estimate of drug-likeness (QED) is 0.171. The summed E-state index contributed by atoms with van der Waals surface area (Å²) in [5.41, 5.74) is 0.345. The molecule has 0 spiro atoms. The Morgan fingerprint density at radius 1 is 1.11 bits per heavy atom. The molecule has 9 heteroatoms. The van der Waals surface area contributed by atoms with Crippen LogP contribution in [0.1, 0.15) is 97.1 Å². The molecule has 3 heterocycles. The number of carbonyl (C=O) groups is 2. The number of cyclic esters (lactones) is 1. The number of piperazine rings is 1. The van der Waals surface area contributed by atoms with Gasteiger partial charge in [-0.15, -0.1) is 0 Å². The Bertz CT molecular complexity index is 1200. The third-order valence-electron chi connectivity index (χ3n) is 9.83. The average molecular weight is 638 g/mol. The molecule has 2 fully saturated rings. The van der Waals surface area contributed by atoms with E-state index in [0.717, 1.165) is 24.4 Å². The fourth-order valence-electron chi connectivity index (χ4n) is 6.74. The lowest BCUT2D eigenvalue weighted by Crippen LogP contribution is -2.53. The molecule has 3 aliphatic rings. The van der Waals surface area contributed by atoms with Gasteiger partial charge in [0, 0.05) is 55.9 Å². The van der Waals surface area contributed by atoms with E-state index >= 15 is 0 Å². The van der Waals surface area contributed by atoms with Crippen molar-refractivity contribution >= 4 is 12.1 Å². The van der Waals surface area contributed by atoms with Gasteiger partial charge in [0.1, 0.15) is 11.7 Å². The van der Waals surface area contributed by atoms with E-state index in [4.69, 9.17) is 9.47 Å². The molecule has 0 aromatic carbocycles. The predicted molar refractivity (Wildman–Crippen MR) is 179 cm³/mol. The maximum Gasteiger partial charge on any atom is 0.410 e. The second-order valence-corrected chi connectivity index (χ2v) is 13.7. The molecule has 254 valence electrons. The lowest BCUT2D eigenvalue weighted by atomic mass is 9.88. The molecule has 1 saturated carbocycles. The Kier molecular flexibility index (Phi) is 13.4. The molecule has 2 aliphatic heterocycles. The zero-order valence-corrected chi connectivity index (χ0v) is 28.2. The highest BCUT2D eigenvalue weighted by atomic mass is 16.6. The van der Waals surface area contributed by atoms with Gasteiger partial charge in [0.25, 0.3) is 0 Å². The van der Waals surface area contributed by atoms with Crippen LogP contribution in [0.4, 0.5) is 4.79 Å². The van der Waals surface area contributed by atoms with Gasteiger partial charge in [-0.3, -0.25) is 14.7 Å². The molecule has 1 saturated heterocycles. The fourth-order valence-corrected chi connectivity index (χ4v) is 6.74. The van der Waals surface area contributed by atoms with E-state index < -0.39 is 36.0 Å². The Hall–Kier alpha value is -3.01. The predicted octanol–water partition coefficient (Wildman–Crippen LogP) is 5.93. The SMILES string of the molecule is C/C(=C\C=C\[C@@H](C)c1ccccn1)C1OC(=O)CC(O)CCC(C)(O)C(OC(=O)N2CCN(C3CCCCCC3)CC2)/C=C\C1C. The minimum atomic E-state index is -1.44. The highest BCUT2D eigenvalue weighted by Gasteiger charge is 2.37. The summed E-state index contributed by atoms with van der Waals surface area (Å²) in [6, 6.07) is 6.43. The lowest BCUT2D eigenvalue weighted by molar-refractivity contribution is -0.151. The summed E-state index contributed by atoms with van der Waals surface area (Å²) < 4.78 is 11.9. The summed E-state index contributed by atoms with van der Waals surface area (Å²) in [5.74, 6) is -0.685. The number of carbonyl (C=O) groups excluding carboxylic acids is 2. The summed E-state index contributed by atoms with van der Waals surface area (Å²) in [4.78, 5) is 34.9. The van der Waals surface area contributed by atoms with Crippen LogP contribution in [-0.2, 0) is 14.3 Å². The van der Waals surface area contributed by atoms with Crippen molar-refractivity contribution in [2.75, 3.05) is 26.2 Å². The van der Waals surface area contributed by atoms with Crippen LogP contribution >= 0.6 is 0 Å². The number of pyridine rings is 1. The van der Waals surface area contributed by atoms with Gasteiger partial charge in [-0.05, 0) is 63.3 Å². The molecule has 1 aliphatic carbocycles. The van der Waals surface area contributed by atoms with E-state index in [2.05, 4.69) is 16.8 Å². The Balaban J connectivity index is 1.45. The summed E-state index contributed by atoms with van der Waals surface area (Å²) >= 11 is 0. The first-order valence-electron chi connectivity index (χ1n) is 17.3. The number of aromatic nitrogens is 1. The van der Waals surface area contributed by atoms with Crippen LogP contribution in [0.5, 0.6) is 0 Å². The Morgan fingerprint density at radius 3 is 2.50 bits per heavy atom. The van der Waals surface area contributed by atoms with E-state index in [9.17, 15) is 19.8 Å². The van der Waals surface area contributed by atoms with Gasteiger partial charge < -0.3 is 24.6 Å². The Morgan fingerprint density at radius 2 is 1.83 bits per heavy atom. The maximum atomic E-state index is 13.4. The lowest BCUT2D eigenvalue weighted by Gasteiger charge is -2.40. The van der Waals surface area contributed by atoms with E-state index in [-0.39, 0.29) is 31.1 Å². The molecule has 0 bridgehead atoms. The molecule has 9 nitrogen and oxygen atoms in total. The van der Waals surface area contributed by atoms with Crippen molar-refractivity contribution in [3.63, 3.8) is 0 Å². The van der Waals surface area contributed by atoms with Crippen LogP contribution in [0.25, 0.3) is 0 Å². The third-order valence-corrected chi connectivity index (χ3v) is 9.83. The summed E-state index contributed by atoms with van der Waals surface area (Å²) in [6.45, 7) is 10.4. The largest absolute Gasteiger partial charge is 0.457 e. The molecule has 2 N–H and O–H groups in total. The van der Waals surface area contributed by atoms with Crippen LogP contribution in [0, 0.1) is 5.92 Å². The molecule has 1 aromatic rings. The molecular formula is C37H55N3O6. The van der Waals surface area contributed by atoms with Crippen molar-refractivity contribution in [3.8, 4) is 0 Å². The number of ether oxygens (including phenoxy) is 2. The van der Waals surface area contributed by atoms with Crippen molar-refractivity contribution in [1.29, 1.82) is 0 Å². The van der Waals surface area contributed by atoms with Crippen molar-refractivity contribution < 1.29 is 29.3 Å². The van der Waals surface area contributed by atoms with Gasteiger partial charge in [-0.2, -0.15) is 0 Å². The van der Waals surface area contributed by atoms with Gasteiger partial charge in [0.15, 0.2) is 6.10 Å². The molecule has 4 rings (SSSR count). The van der Waals surface area contributed by atoms with Crippen LogP contribution in [0.15, 0.2) is 60.3 Å². The molecule has 46 heavy (non-hydrogen) atoms. The standard InChI is InChI=1S/C37H55N3O6/c1-27(32-16-9-10-21-38-32)12-11-13-28(2)35-29(3)17-18-33(37(4,44)20-19-31(41)26-34(42)46-35)45-36(43)40-24-22-39(23-25-40)30-14-7-5-6-8-15-30/h9-13,16-18,21,27,29-31,33,35,41,44H,5-8,14-15,19-20,22-26H2,1-4H3/b12-11+,18-17-,28-13+/t27-,29?,31?,33?,35?,37?/m1/s1. The molecule has 0 radical (unpaired) electrons. The molecule has 1 aromatic heterocycles. The first-order chi connectivity index (χ1) is 22.0. The zero-order valence-electron chi connectivity index (χ0n) is 28.2. The van der Waals surface area contributed by atoms with Crippen LogP contribution < -0.4 is 0 Å². The van der Waals surface area contributed by atoms with E-state index in [1.807, 2.05) is 56.4 Å². The van der Waals surface area contributed by atoms with Gasteiger partial charge in [0.05, 0.1) is 12.5 Å². The average Bonchev–Trinajstić information content (AvgIpc) is 3.34. The van der Waals surface area contributed by atoms with Gasteiger partial charge in [-0.1, -0.05) is 69.9 Å². The topological polar surface area (TPSA) is 112 Å². The Labute approximate surface area is 275 Å². The molecule has 1 amide bonds. The molecule has 5 unspecified atom stereocenters. The number of esters is 1. The number of hydrogen-bond donors (Lipinski definition) is 2. The second kappa shape index (κ2) is 17.2. The number of aliphatic hydroxyl groups excluding tert-OH is 1. The van der Waals surface area contributed by atoms with Crippen LogP contribution in [0.2, 0.25) is 0 Å². The highest BCUT2D eigenvalue weighted by molar-refractivity contribution is 5.70. The first kappa shape index (κ1) is 35.8. The fraction of sp³-hybridized carbons (Fsp3) is 0.649. The second-order valence-electron chi connectivity index (χ2n) is 13.7. The molecule has 6 atom stereocenters. The van der Waals surface area contributed by atoms with Crippen LogP contribution in [0.3, 0.4) is 0 Å². The van der Waals surface area contributed by atoms with Crippen molar-refractivity contribution in [1.82, 2.24) is 14.8 Å². The van der Waals surface area contributed by atoms with Crippen molar-refractivity contribution in [3.05, 3.63) is 66.0 Å². The summed E-state index contributed by atoms with van der Waals surface area (Å²) in [5, 5.41) is 22.1. The smallest absolute Gasteiger partial charge is 0.410 e. The van der Waals surface area contributed by atoms with Crippen molar-refractivity contribution in [2.24, 2.45) is 5.92 Å². The van der Waals surface area contributed by atoms with Gasteiger partial charge in [-0.25, -0.2) is 4.79 Å². The number of rotatable bonds is 6. The first-order valence-corrected chi connectivity index (χ1v) is 17.3. The van der Waals surface area contributed by atoms with E-state index in [0.29, 0.717) is 19.1 Å². The number of aliphatic hydroxyl groups is 2. The molecular weight excluding hydrogens is 582 g/mol. The monoisotopic (exact) mass is 637 g/mol. The maximum absolute atomic E-state index is 13.4.